The number of halogens is 1. The number of benzene rings is 2. The van der Waals surface area contributed by atoms with E-state index in [1.807, 2.05) is 6.07 Å². The van der Waals surface area contributed by atoms with E-state index >= 15 is 0 Å². The van der Waals surface area contributed by atoms with Crippen LogP contribution in [0.15, 0.2) is 64.9 Å². The minimum Gasteiger partial charge on any atom is -0.439 e. The number of rotatable bonds is 2. The number of nitrogens with zero attached hydrogens (tertiary/aromatic N) is 2. The molecule has 2 heterocycles. The molecule has 0 aromatic heterocycles. The molecular formula is C20H16FN3O3S. The number of para-hydroxylation sites is 1. The van der Waals surface area contributed by atoms with Crippen molar-refractivity contribution in [2.24, 2.45) is 5.73 Å². The summed E-state index contributed by atoms with van der Waals surface area (Å²) in [4.78, 5) is -0.107. The fourth-order valence-corrected chi connectivity index (χ4v) is 5.60. The van der Waals surface area contributed by atoms with E-state index in [-0.39, 0.29) is 28.7 Å². The molecule has 2 aromatic rings. The van der Waals surface area contributed by atoms with E-state index in [0.29, 0.717) is 16.8 Å². The van der Waals surface area contributed by atoms with Crippen LogP contribution < -0.4 is 10.0 Å². The summed E-state index contributed by atoms with van der Waals surface area (Å²) in [5.41, 5.74) is 7.24. The predicted molar refractivity (Wildman–Crippen MR) is 102 cm³/mol. The van der Waals surface area contributed by atoms with Crippen LogP contribution in [0.3, 0.4) is 0 Å². The van der Waals surface area contributed by atoms with E-state index in [9.17, 15) is 18.1 Å². The second-order valence-electron chi connectivity index (χ2n) is 6.36. The van der Waals surface area contributed by atoms with E-state index in [1.165, 1.54) is 22.5 Å². The molecule has 0 spiro atoms. The molecule has 2 N–H and O–H groups in total. The first-order chi connectivity index (χ1) is 13.4. The zero-order chi connectivity index (χ0) is 20.1. The summed E-state index contributed by atoms with van der Waals surface area (Å²) in [6.45, 7) is 1.91. The van der Waals surface area contributed by atoms with Crippen molar-refractivity contribution >= 4 is 21.5 Å². The highest BCUT2D eigenvalue weighted by atomic mass is 32.2. The number of nitriles is 1. The van der Waals surface area contributed by atoms with Crippen LogP contribution in [0.25, 0.3) is 5.76 Å². The minimum atomic E-state index is -4.04. The lowest BCUT2D eigenvalue weighted by atomic mass is 9.88. The smallest absolute Gasteiger partial charge is 0.265 e. The SMILES string of the molecule is CCN1c2ccccc2C2=C(C(c3cccc(F)c3)C(C#N)=C(N)O2)S1(=O)=O. The lowest BCUT2D eigenvalue weighted by Crippen LogP contribution is -2.39. The number of ether oxygens (including phenoxy) is 1. The third kappa shape index (κ3) is 2.47. The lowest BCUT2D eigenvalue weighted by Gasteiger charge is -2.37. The summed E-state index contributed by atoms with van der Waals surface area (Å²) in [6, 6.07) is 14.3. The number of fused-ring (bicyclic) bond motifs is 2. The summed E-state index contributed by atoms with van der Waals surface area (Å²) in [7, 11) is -4.04. The lowest BCUT2D eigenvalue weighted by molar-refractivity contribution is 0.357. The van der Waals surface area contributed by atoms with Crippen LogP contribution in [0.2, 0.25) is 0 Å². The van der Waals surface area contributed by atoms with Gasteiger partial charge in [0.15, 0.2) is 5.76 Å². The zero-order valence-electron chi connectivity index (χ0n) is 14.9. The zero-order valence-corrected chi connectivity index (χ0v) is 15.7. The van der Waals surface area contributed by atoms with Gasteiger partial charge in [-0.1, -0.05) is 24.3 Å². The molecule has 2 aliphatic rings. The van der Waals surface area contributed by atoms with Gasteiger partial charge in [0, 0.05) is 12.1 Å². The van der Waals surface area contributed by atoms with Crippen LogP contribution in [-0.4, -0.2) is 15.0 Å². The predicted octanol–water partition coefficient (Wildman–Crippen LogP) is 3.17. The Hall–Kier alpha value is -3.31. The van der Waals surface area contributed by atoms with Gasteiger partial charge in [-0.25, -0.2) is 12.8 Å². The van der Waals surface area contributed by atoms with Crippen molar-refractivity contribution in [2.45, 2.75) is 12.8 Å². The molecule has 0 fully saturated rings. The third-order valence-corrected chi connectivity index (χ3v) is 6.84. The van der Waals surface area contributed by atoms with Gasteiger partial charge in [-0.3, -0.25) is 4.31 Å². The Morgan fingerprint density at radius 2 is 2.00 bits per heavy atom. The first-order valence-corrected chi connectivity index (χ1v) is 10.0. The quantitative estimate of drug-likeness (QED) is 0.840. The molecule has 6 nitrogen and oxygen atoms in total. The van der Waals surface area contributed by atoms with Crippen molar-refractivity contribution in [1.82, 2.24) is 0 Å². The van der Waals surface area contributed by atoms with Crippen LogP contribution in [0.5, 0.6) is 0 Å². The summed E-state index contributed by atoms with van der Waals surface area (Å²) in [5.74, 6) is -1.71. The maximum Gasteiger partial charge on any atom is 0.265 e. The maximum absolute atomic E-state index is 13.9. The second kappa shape index (κ2) is 6.39. The third-order valence-electron chi connectivity index (χ3n) is 4.83. The Kier molecular flexibility index (Phi) is 4.12. The highest BCUT2D eigenvalue weighted by Gasteiger charge is 2.46. The summed E-state index contributed by atoms with van der Waals surface area (Å²) in [5, 5.41) is 9.65. The van der Waals surface area contributed by atoms with Gasteiger partial charge < -0.3 is 10.5 Å². The molecule has 1 unspecified atom stereocenters. The number of nitrogens with two attached hydrogens (primary N) is 1. The molecule has 2 aliphatic heterocycles. The monoisotopic (exact) mass is 397 g/mol. The standard InChI is InChI=1S/C20H16FN3O3S/c1-2-24-16-9-4-3-8-14(16)18-19(28(24,25)26)17(15(11-22)20(23)27-18)12-6-5-7-13(21)10-12/h3-10,17H,2,23H2,1H3. The second-order valence-corrected chi connectivity index (χ2v) is 8.19. The topological polar surface area (TPSA) is 96.4 Å². The maximum atomic E-state index is 13.9. The molecular weight excluding hydrogens is 381 g/mol. The Labute approximate surface area is 162 Å². The Morgan fingerprint density at radius 1 is 1.25 bits per heavy atom. The van der Waals surface area contributed by atoms with Crippen molar-refractivity contribution in [3.63, 3.8) is 0 Å². The number of sulfonamides is 1. The van der Waals surface area contributed by atoms with Gasteiger partial charge in [0.25, 0.3) is 10.0 Å². The van der Waals surface area contributed by atoms with Crippen LogP contribution in [-0.2, 0) is 14.8 Å². The number of hydrogen-bond donors (Lipinski definition) is 1. The van der Waals surface area contributed by atoms with Gasteiger partial charge in [0.1, 0.15) is 22.4 Å². The molecule has 28 heavy (non-hydrogen) atoms. The summed E-state index contributed by atoms with van der Waals surface area (Å²) >= 11 is 0. The fourth-order valence-electron chi connectivity index (χ4n) is 3.67. The van der Waals surface area contributed by atoms with Gasteiger partial charge >= 0.3 is 0 Å². The van der Waals surface area contributed by atoms with E-state index in [1.54, 1.807) is 37.3 Å². The van der Waals surface area contributed by atoms with E-state index < -0.39 is 21.8 Å². The fraction of sp³-hybridized carbons (Fsp3) is 0.150. The summed E-state index contributed by atoms with van der Waals surface area (Å²) < 4.78 is 47.8. The molecule has 8 heteroatoms. The molecule has 4 rings (SSSR count). The van der Waals surface area contributed by atoms with Gasteiger partial charge in [-0.05, 0) is 36.8 Å². The highest BCUT2D eigenvalue weighted by molar-refractivity contribution is 7.97. The van der Waals surface area contributed by atoms with Gasteiger partial charge in [-0.2, -0.15) is 5.26 Å². The average Bonchev–Trinajstić information content (AvgIpc) is 2.67. The van der Waals surface area contributed by atoms with Crippen molar-refractivity contribution in [1.29, 1.82) is 5.26 Å². The van der Waals surface area contributed by atoms with Crippen LogP contribution in [0, 0.1) is 17.1 Å². The molecule has 1 atom stereocenters. The molecule has 0 amide bonds. The average molecular weight is 397 g/mol. The first-order valence-electron chi connectivity index (χ1n) is 8.59. The Morgan fingerprint density at radius 3 is 2.68 bits per heavy atom. The number of allylic oxidation sites excluding steroid dienone is 2. The van der Waals surface area contributed by atoms with E-state index in [4.69, 9.17) is 10.5 Å². The minimum absolute atomic E-state index is 0.0663. The van der Waals surface area contributed by atoms with Gasteiger partial charge in [0.2, 0.25) is 5.88 Å². The normalized spacial score (nSPS) is 20.2. The highest BCUT2D eigenvalue weighted by Crippen LogP contribution is 2.50. The van der Waals surface area contributed by atoms with Crippen LogP contribution >= 0.6 is 0 Å². The Bertz CT molecular complexity index is 1200. The molecule has 0 saturated heterocycles. The van der Waals surface area contributed by atoms with Crippen LogP contribution in [0.4, 0.5) is 10.1 Å². The van der Waals surface area contributed by atoms with Gasteiger partial charge in [0.05, 0.1) is 11.6 Å². The summed E-state index contributed by atoms with van der Waals surface area (Å²) in [6.07, 6.45) is 0. The van der Waals surface area contributed by atoms with Crippen molar-refractivity contribution < 1.29 is 17.5 Å². The molecule has 0 saturated carbocycles. The molecule has 0 aliphatic carbocycles. The first kappa shape index (κ1) is 18.1. The van der Waals surface area contributed by atoms with Gasteiger partial charge in [-0.15, -0.1) is 0 Å². The number of hydrogen-bond acceptors (Lipinski definition) is 5. The molecule has 0 radical (unpaired) electrons. The van der Waals surface area contributed by atoms with E-state index in [2.05, 4.69) is 0 Å². The van der Waals surface area contributed by atoms with Crippen molar-refractivity contribution in [3.05, 3.63) is 81.8 Å². The molecule has 2 aromatic carbocycles. The largest absolute Gasteiger partial charge is 0.439 e. The Balaban J connectivity index is 2.09. The van der Waals surface area contributed by atoms with Crippen molar-refractivity contribution in [2.75, 3.05) is 10.8 Å². The number of anilines is 1. The molecule has 0 bridgehead atoms. The van der Waals surface area contributed by atoms with Crippen LogP contribution in [0.1, 0.15) is 24.0 Å². The molecule has 142 valence electrons. The van der Waals surface area contributed by atoms with E-state index in [0.717, 1.165) is 0 Å². The van der Waals surface area contributed by atoms with Crippen molar-refractivity contribution in [3.8, 4) is 6.07 Å².